The summed E-state index contributed by atoms with van der Waals surface area (Å²) in [5.74, 6) is -0.184. The van der Waals surface area contributed by atoms with Crippen LogP contribution in [0.2, 0.25) is 0 Å². The topological polar surface area (TPSA) is 54.4 Å². The van der Waals surface area contributed by atoms with Gasteiger partial charge in [-0.3, -0.25) is 4.55 Å². The van der Waals surface area contributed by atoms with Gasteiger partial charge in [-0.15, -0.1) is 0 Å². The first-order valence-corrected chi connectivity index (χ1v) is 6.29. The molecule has 0 spiro atoms. The molecule has 0 saturated heterocycles. The molecule has 0 aromatic heterocycles. The summed E-state index contributed by atoms with van der Waals surface area (Å²) in [6.07, 6.45) is 2.84. The molecule has 0 aliphatic rings. The Morgan fingerprint density at radius 3 is 2.33 bits per heavy atom. The van der Waals surface area contributed by atoms with Crippen LogP contribution >= 0.6 is 0 Å². The van der Waals surface area contributed by atoms with E-state index in [2.05, 4.69) is 6.58 Å². The van der Waals surface area contributed by atoms with Crippen LogP contribution < -0.4 is 0 Å². The second-order valence-electron chi connectivity index (χ2n) is 3.34. The molecule has 1 N–H and O–H groups in total. The summed E-state index contributed by atoms with van der Waals surface area (Å²) in [6.45, 7) is 3.64. The molecule has 82 valence electrons. The van der Waals surface area contributed by atoms with E-state index < -0.39 is 10.1 Å². The van der Waals surface area contributed by atoms with E-state index in [-0.39, 0.29) is 5.75 Å². The Balaban J connectivity index is 2.48. The highest BCUT2D eigenvalue weighted by Crippen LogP contribution is 2.08. The third-order valence-corrected chi connectivity index (χ3v) is 2.89. The van der Waals surface area contributed by atoms with E-state index in [0.29, 0.717) is 12.8 Å². The van der Waals surface area contributed by atoms with Crippen molar-refractivity contribution in [2.45, 2.75) is 12.8 Å². The van der Waals surface area contributed by atoms with E-state index in [1.165, 1.54) is 0 Å². The van der Waals surface area contributed by atoms with Crippen molar-refractivity contribution in [2.24, 2.45) is 0 Å². The predicted molar refractivity (Wildman–Crippen MR) is 61.3 cm³/mol. The van der Waals surface area contributed by atoms with Crippen LogP contribution in [0.25, 0.3) is 6.08 Å². The zero-order valence-electron chi connectivity index (χ0n) is 8.39. The first-order chi connectivity index (χ1) is 7.01. The summed E-state index contributed by atoms with van der Waals surface area (Å²) in [6, 6.07) is 7.72. The van der Waals surface area contributed by atoms with Crippen molar-refractivity contribution in [2.75, 3.05) is 5.75 Å². The normalized spacial score (nSPS) is 11.3. The molecule has 0 unspecified atom stereocenters. The Morgan fingerprint density at radius 2 is 1.87 bits per heavy atom. The molecule has 0 aliphatic heterocycles. The van der Waals surface area contributed by atoms with Crippen LogP contribution in [-0.2, 0) is 16.5 Å². The largest absolute Gasteiger partial charge is 0.286 e. The highest BCUT2D eigenvalue weighted by molar-refractivity contribution is 7.85. The smallest absolute Gasteiger partial charge is 0.264 e. The van der Waals surface area contributed by atoms with Crippen LogP contribution in [0, 0.1) is 0 Å². The second-order valence-corrected chi connectivity index (χ2v) is 4.91. The van der Waals surface area contributed by atoms with Gasteiger partial charge in [0.25, 0.3) is 10.1 Å². The maximum Gasteiger partial charge on any atom is 0.264 e. The zero-order valence-corrected chi connectivity index (χ0v) is 9.20. The van der Waals surface area contributed by atoms with Crippen molar-refractivity contribution in [3.63, 3.8) is 0 Å². The summed E-state index contributed by atoms with van der Waals surface area (Å²) in [4.78, 5) is 0. The average Bonchev–Trinajstić information content (AvgIpc) is 2.17. The van der Waals surface area contributed by atoms with Gasteiger partial charge >= 0.3 is 0 Å². The lowest BCUT2D eigenvalue weighted by atomic mass is 10.1. The second kappa shape index (κ2) is 5.09. The van der Waals surface area contributed by atoms with Crippen molar-refractivity contribution in [3.05, 3.63) is 42.0 Å². The minimum atomic E-state index is -3.82. The van der Waals surface area contributed by atoms with Gasteiger partial charge in [0.1, 0.15) is 0 Å². The molecule has 0 heterocycles. The standard InChI is InChI=1S/C11H14O3S/c1-2-10-5-7-11(8-6-10)4-3-9-15(12,13)14/h2,5-8H,1,3-4,9H2,(H,12,13,14). The van der Waals surface area contributed by atoms with Crippen LogP contribution in [0.4, 0.5) is 0 Å². The van der Waals surface area contributed by atoms with Gasteiger partial charge in [-0.1, -0.05) is 36.9 Å². The van der Waals surface area contributed by atoms with Gasteiger partial charge in [-0.05, 0) is 24.0 Å². The van der Waals surface area contributed by atoms with Gasteiger partial charge in [0.15, 0.2) is 0 Å². The van der Waals surface area contributed by atoms with Crippen molar-refractivity contribution < 1.29 is 13.0 Å². The van der Waals surface area contributed by atoms with Gasteiger partial charge in [0.2, 0.25) is 0 Å². The molecule has 0 atom stereocenters. The van der Waals surface area contributed by atoms with Gasteiger partial charge in [0, 0.05) is 0 Å². The molecule has 15 heavy (non-hydrogen) atoms. The molecule has 0 aliphatic carbocycles. The highest BCUT2D eigenvalue weighted by Gasteiger charge is 2.03. The van der Waals surface area contributed by atoms with Crippen LogP contribution in [0.15, 0.2) is 30.8 Å². The number of aryl methyl sites for hydroxylation is 1. The Kier molecular flexibility index (Phi) is 4.05. The molecule has 3 nitrogen and oxygen atoms in total. The van der Waals surface area contributed by atoms with E-state index in [4.69, 9.17) is 4.55 Å². The fourth-order valence-corrected chi connectivity index (χ4v) is 1.79. The molecule has 0 amide bonds. The molecule has 1 rings (SSSR count). The number of hydrogen-bond acceptors (Lipinski definition) is 2. The van der Waals surface area contributed by atoms with Crippen molar-refractivity contribution in [1.29, 1.82) is 0 Å². The molecule has 0 saturated carbocycles. The molecule has 1 aromatic carbocycles. The van der Waals surface area contributed by atoms with Crippen LogP contribution in [-0.4, -0.2) is 18.7 Å². The minimum absolute atomic E-state index is 0.184. The molecule has 1 aromatic rings. The van der Waals surface area contributed by atoms with Gasteiger partial charge in [-0.25, -0.2) is 0 Å². The summed E-state index contributed by atoms with van der Waals surface area (Å²) >= 11 is 0. The summed E-state index contributed by atoms with van der Waals surface area (Å²) < 4.78 is 29.5. The maximum absolute atomic E-state index is 10.5. The predicted octanol–water partition coefficient (Wildman–Crippen LogP) is 2.15. The highest BCUT2D eigenvalue weighted by atomic mass is 32.2. The molecule has 0 fully saturated rings. The van der Waals surface area contributed by atoms with Gasteiger partial charge in [0.05, 0.1) is 5.75 Å². The zero-order chi connectivity index (χ0) is 11.3. The number of hydrogen-bond donors (Lipinski definition) is 1. The Labute approximate surface area is 90.2 Å². The fourth-order valence-electron chi connectivity index (χ4n) is 1.28. The fraction of sp³-hybridized carbons (Fsp3) is 0.273. The van der Waals surface area contributed by atoms with Gasteiger partial charge < -0.3 is 0 Å². The first kappa shape index (κ1) is 11.9. The van der Waals surface area contributed by atoms with E-state index in [1.807, 2.05) is 24.3 Å². The summed E-state index contributed by atoms with van der Waals surface area (Å²) in [7, 11) is -3.82. The third kappa shape index (κ3) is 4.76. The quantitative estimate of drug-likeness (QED) is 0.783. The monoisotopic (exact) mass is 226 g/mol. The van der Waals surface area contributed by atoms with E-state index >= 15 is 0 Å². The SMILES string of the molecule is C=Cc1ccc(CCCS(=O)(=O)O)cc1. The number of benzene rings is 1. The molecular formula is C11H14O3S. The summed E-state index contributed by atoms with van der Waals surface area (Å²) in [5, 5.41) is 0. The lowest BCUT2D eigenvalue weighted by Gasteiger charge is -2.00. The van der Waals surface area contributed by atoms with E-state index in [0.717, 1.165) is 11.1 Å². The first-order valence-electron chi connectivity index (χ1n) is 4.68. The third-order valence-electron chi connectivity index (χ3n) is 2.08. The maximum atomic E-state index is 10.5. The number of rotatable bonds is 5. The van der Waals surface area contributed by atoms with Crippen LogP contribution in [0.1, 0.15) is 17.5 Å². The van der Waals surface area contributed by atoms with Crippen LogP contribution in [0.3, 0.4) is 0 Å². The van der Waals surface area contributed by atoms with Crippen molar-refractivity contribution in [3.8, 4) is 0 Å². The molecule has 0 bridgehead atoms. The Bertz CT molecular complexity index is 418. The Morgan fingerprint density at radius 1 is 1.27 bits per heavy atom. The lowest BCUT2D eigenvalue weighted by Crippen LogP contribution is -2.04. The van der Waals surface area contributed by atoms with Crippen molar-refractivity contribution >= 4 is 16.2 Å². The average molecular weight is 226 g/mol. The van der Waals surface area contributed by atoms with Crippen LogP contribution in [0.5, 0.6) is 0 Å². The molecule has 4 heteroatoms. The van der Waals surface area contributed by atoms with E-state index in [1.54, 1.807) is 6.08 Å². The molecule has 0 radical (unpaired) electrons. The summed E-state index contributed by atoms with van der Waals surface area (Å²) in [5.41, 5.74) is 2.10. The van der Waals surface area contributed by atoms with Gasteiger partial charge in [-0.2, -0.15) is 8.42 Å². The van der Waals surface area contributed by atoms with E-state index in [9.17, 15) is 8.42 Å². The van der Waals surface area contributed by atoms with Crippen molar-refractivity contribution in [1.82, 2.24) is 0 Å². The minimum Gasteiger partial charge on any atom is -0.286 e. The Hall–Kier alpha value is -1.13. The molecular weight excluding hydrogens is 212 g/mol. The lowest BCUT2D eigenvalue weighted by molar-refractivity contribution is 0.481.